The first-order valence-electron chi connectivity index (χ1n) is 14.3. The maximum absolute atomic E-state index is 13.1. The van der Waals surface area contributed by atoms with Gasteiger partial charge in [0.05, 0.1) is 41.6 Å². The van der Waals surface area contributed by atoms with Gasteiger partial charge in [0.15, 0.2) is 0 Å². The molecule has 5 N–H and O–H groups in total. The van der Waals surface area contributed by atoms with Crippen LogP contribution < -0.4 is 20.9 Å². The van der Waals surface area contributed by atoms with Gasteiger partial charge in [-0.2, -0.15) is 0 Å². The molecule has 0 saturated heterocycles. The molecule has 46 heavy (non-hydrogen) atoms. The Balaban J connectivity index is 1.47. The molecule has 0 fully saturated rings. The van der Waals surface area contributed by atoms with Crippen LogP contribution in [0, 0.1) is 0 Å². The third-order valence-corrected chi connectivity index (χ3v) is 8.23. The van der Waals surface area contributed by atoms with Gasteiger partial charge in [0.25, 0.3) is 5.56 Å². The molecular weight excluding hydrogens is 633 g/mol. The van der Waals surface area contributed by atoms with E-state index in [4.69, 9.17) is 38.2 Å². The maximum Gasteiger partial charge on any atom is 0.323 e. The number of methoxy groups -OCH3 is 1. The molecule has 5 aromatic rings. The summed E-state index contributed by atoms with van der Waals surface area (Å²) in [5.74, 6) is -0.769. The van der Waals surface area contributed by atoms with Crippen LogP contribution in [-0.4, -0.2) is 68.6 Å². The number of nitrogens with zero attached hydrogens (tertiary/aromatic N) is 3. The maximum atomic E-state index is 13.1. The van der Waals surface area contributed by atoms with Crippen molar-refractivity contribution in [1.82, 2.24) is 25.0 Å². The quantitative estimate of drug-likeness (QED) is 0.117. The van der Waals surface area contributed by atoms with E-state index in [1.165, 1.54) is 10.6 Å². The van der Waals surface area contributed by atoms with Gasteiger partial charge in [0.1, 0.15) is 11.7 Å². The highest BCUT2D eigenvalue weighted by Crippen LogP contribution is 2.42. The fourth-order valence-electron chi connectivity index (χ4n) is 5.00. The third-order valence-electron chi connectivity index (χ3n) is 7.41. The highest BCUT2D eigenvalue weighted by Gasteiger charge is 2.19. The Kier molecular flexibility index (Phi) is 10.6. The number of aliphatic hydroxyl groups is 2. The predicted octanol–water partition coefficient (Wildman–Crippen LogP) is 4.02. The number of pyridine rings is 2. The van der Waals surface area contributed by atoms with Crippen molar-refractivity contribution in [2.45, 2.75) is 19.1 Å². The number of carboxylic acids is 1. The Labute approximate surface area is 274 Å². The number of nitrogens with one attached hydrogen (secondary N) is 2. The number of benzene rings is 2. The van der Waals surface area contributed by atoms with E-state index < -0.39 is 18.6 Å². The number of halogens is 2. The van der Waals surface area contributed by atoms with Crippen LogP contribution >= 0.6 is 23.2 Å². The first-order valence-corrected chi connectivity index (χ1v) is 15.0. The number of hydrogen-bond donors (Lipinski definition) is 5. The second-order valence-electron chi connectivity index (χ2n) is 10.3. The van der Waals surface area contributed by atoms with Crippen LogP contribution in [0.25, 0.3) is 39.2 Å². The number of carboxylic acid groups (broad SMARTS) is 1. The lowest BCUT2D eigenvalue weighted by molar-refractivity contribution is -0.140. The molecule has 0 unspecified atom stereocenters. The number of aliphatic hydroxyl groups excluding tert-OH is 2. The summed E-state index contributed by atoms with van der Waals surface area (Å²) >= 11 is 14.0. The molecule has 0 aliphatic carbocycles. The molecule has 13 heteroatoms. The van der Waals surface area contributed by atoms with Crippen molar-refractivity contribution in [1.29, 1.82) is 0 Å². The summed E-state index contributed by atoms with van der Waals surface area (Å²) in [5.41, 5.74) is 5.25. The van der Waals surface area contributed by atoms with E-state index in [1.807, 2.05) is 48.5 Å². The topological polar surface area (TPSA) is 158 Å². The molecule has 0 amide bonds. The van der Waals surface area contributed by atoms with Crippen LogP contribution in [0.15, 0.2) is 77.9 Å². The fourth-order valence-corrected chi connectivity index (χ4v) is 5.66. The summed E-state index contributed by atoms with van der Waals surface area (Å²) in [6.07, 6.45) is 2.97. The summed E-state index contributed by atoms with van der Waals surface area (Å²) in [6, 6.07) is 17.3. The largest absolute Gasteiger partial charge is 0.481 e. The lowest BCUT2D eigenvalue weighted by atomic mass is 9.97. The van der Waals surface area contributed by atoms with E-state index >= 15 is 0 Å². The van der Waals surface area contributed by atoms with Crippen molar-refractivity contribution in [2.75, 3.05) is 26.9 Å². The molecule has 1 atom stereocenters. The van der Waals surface area contributed by atoms with Crippen molar-refractivity contribution in [3.63, 3.8) is 0 Å². The van der Waals surface area contributed by atoms with Gasteiger partial charge >= 0.3 is 5.97 Å². The zero-order valence-electron chi connectivity index (χ0n) is 24.7. The Morgan fingerprint density at radius 2 is 1.65 bits per heavy atom. The SMILES string of the molecule is COc1nc(-c2cccc(-c3cccc(-c4ccn5c(=O)c(CN[C@@H](CO)C(=O)O)cnc5c4)c3Cl)c2Cl)ccc1CNCCO. The standard InChI is InChI=1S/C33H31Cl2N5O6/c1-46-31-20(15-36-11-13-41)8-9-26(39-31)25-7-3-6-24(30(25)35)23-5-2-4-22(29(23)34)19-10-12-40-28(14-19)38-17-21(32(40)43)16-37-27(18-42)33(44)45/h2-10,12,14,17,27,36-37,41-42H,11,13,15-16,18H2,1H3,(H,44,45)/t27-/m0/s1. The van der Waals surface area contributed by atoms with Gasteiger partial charge < -0.3 is 25.4 Å². The van der Waals surface area contributed by atoms with Crippen molar-refractivity contribution < 1.29 is 24.9 Å². The molecular formula is C33H31Cl2N5O6. The van der Waals surface area contributed by atoms with Crippen LogP contribution in [0.3, 0.4) is 0 Å². The first kappa shape index (κ1) is 33.0. The second-order valence-corrected chi connectivity index (χ2v) is 11.0. The minimum Gasteiger partial charge on any atom is -0.481 e. The number of carbonyl (C=O) groups is 1. The lowest BCUT2D eigenvalue weighted by Gasteiger charge is -2.15. The third kappa shape index (κ3) is 6.90. The first-order chi connectivity index (χ1) is 22.3. The summed E-state index contributed by atoms with van der Waals surface area (Å²) in [5, 5.41) is 34.1. The molecule has 0 aliphatic rings. The number of aromatic nitrogens is 3. The Morgan fingerprint density at radius 3 is 2.33 bits per heavy atom. The average molecular weight is 665 g/mol. The molecule has 0 bridgehead atoms. The highest BCUT2D eigenvalue weighted by molar-refractivity contribution is 6.39. The van der Waals surface area contributed by atoms with Gasteiger partial charge in [0, 0.05) is 59.8 Å². The van der Waals surface area contributed by atoms with Gasteiger partial charge in [-0.25, -0.2) is 9.97 Å². The van der Waals surface area contributed by atoms with E-state index in [9.17, 15) is 14.7 Å². The molecule has 0 radical (unpaired) electrons. The van der Waals surface area contributed by atoms with Crippen LogP contribution in [0.4, 0.5) is 0 Å². The molecule has 0 saturated carbocycles. The number of fused-ring (bicyclic) bond motifs is 1. The van der Waals surface area contributed by atoms with Crippen LogP contribution in [0.1, 0.15) is 11.1 Å². The molecule has 5 rings (SSSR count). The molecule has 238 valence electrons. The van der Waals surface area contributed by atoms with Crippen molar-refractivity contribution >= 4 is 34.8 Å². The summed E-state index contributed by atoms with van der Waals surface area (Å²) in [4.78, 5) is 33.3. The molecule has 2 aromatic carbocycles. The predicted molar refractivity (Wildman–Crippen MR) is 176 cm³/mol. The molecule has 0 aliphatic heterocycles. The Bertz CT molecular complexity index is 1950. The summed E-state index contributed by atoms with van der Waals surface area (Å²) in [6.45, 7) is 0.285. The van der Waals surface area contributed by atoms with Gasteiger partial charge in [-0.05, 0) is 23.8 Å². The van der Waals surface area contributed by atoms with Gasteiger partial charge in [-0.3, -0.25) is 19.3 Å². The summed E-state index contributed by atoms with van der Waals surface area (Å²) < 4.78 is 6.88. The second kappa shape index (κ2) is 14.8. The number of rotatable bonds is 13. The number of hydrogen-bond acceptors (Lipinski definition) is 9. The Morgan fingerprint density at radius 1 is 0.957 bits per heavy atom. The lowest BCUT2D eigenvalue weighted by Crippen LogP contribution is -2.40. The van der Waals surface area contributed by atoms with E-state index in [1.54, 1.807) is 25.4 Å². The van der Waals surface area contributed by atoms with E-state index in [0.717, 1.165) is 11.1 Å². The van der Waals surface area contributed by atoms with E-state index in [2.05, 4.69) is 20.6 Å². The number of ether oxygens (including phenoxy) is 1. The number of aliphatic carboxylic acids is 1. The smallest absolute Gasteiger partial charge is 0.323 e. The fraction of sp³-hybridized carbons (Fsp3) is 0.212. The van der Waals surface area contributed by atoms with E-state index in [0.29, 0.717) is 62.6 Å². The zero-order valence-corrected chi connectivity index (χ0v) is 26.2. The monoisotopic (exact) mass is 663 g/mol. The minimum absolute atomic E-state index is 0.0289. The normalized spacial score (nSPS) is 11.9. The highest BCUT2D eigenvalue weighted by atomic mass is 35.5. The van der Waals surface area contributed by atoms with E-state index in [-0.39, 0.29) is 24.3 Å². The zero-order chi connectivity index (χ0) is 32.8. The molecule has 3 aromatic heterocycles. The van der Waals surface area contributed by atoms with Crippen LogP contribution in [0.5, 0.6) is 5.88 Å². The molecule has 3 heterocycles. The van der Waals surface area contributed by atoms with Gasteiger partial charge in [0.2, 0.25) is 5.88 Å². The van der Waals surface area contributed by atoms with Crippen molar-refractivity contribution in [3.05, 3.63) is 105 Å². The molecule has 11 nitrogen and oxygen atoms in total. The molecule has 0 spiro atoms. The van der Waals surface area contributed by atoms with Crippen molar-refractivity contribution in [3.8, 4) is 39.4 Å². The van der Waals surface area contributed by atoms with Gasteiger partial charge in [-0.15, -0.1) is 0 Å². The van der Waals surface area contributed by atoms with Crippen LogP contribution in [-0.2, 0) is 17.9 Å². The minimum atomic E-state index is -1.22. The average Bonchev–Trinajstić information content (AvgIpc) is 3.06. The van der Waals surface area contributed by atoms with Gasteiger partial charge in [-0.1, -0.05) is 65.7 Å². The summed E-state index contributed by atoms with van der Waals surface area (Å²) in [7, 11) is 1.55. The Hall–Kier alpha value is -4.36. The van der Waals surface area contributed by atoms with Crippen LogP contribution in [0.2, 0.25) is 10.0 Å². The van der Waals surface area contributed by atoms with Crippen molar-refractivity contribution in [2.24, 2.45) is 0 Å².